The van der Waals surface area contributed by atoms with Crippen molar-refractivity contribution in [1.29, 1.82) is 0 Å². The fourth-order valence-corrected chi connectivity index (χ4v) is 3.11. The van der Waals surface area contributed by atoms with Gasteiger partial charge in [0.1, 0.15) is 0 Å². The third kappa shape index (κ3) is 5.40. The fraction of sp³-hybridized carbons (Fsp3) is 0.0455. The van der Waals surface area contributed by atoms with Crippen LogP contribution in [0.15, 0.2) is 72.8 Å². The minimum absolute atomic E-state index is 0.160. The van der Waals surface area contributed by atoms with E-state index in [-0.39, 0.29) is 16.9 Å². The van der Waals surface area contributed by atoms with Gasteiger partial charge in [0, 0.05) is 16.9 Å². The van der Waals surface area contributed by atoms with Crippen molar-refractivity contribution in [3.05, 3.63) is 94.5 Å². The number of rotatable bonds is 4. The summed E-state index contributed by atoms with van der Waals surface area (Å²) < 4.78 is 0. The first-order valence-corrected chi connectivity index (χ1v) is 9.56. The number of benzene rings is 3. The third-order valence-electron chi connectivity index (χ3n) is 4.11. The van der Waals surface area contributed by atoms with Crippen LogP contribution in [0.1, 0.15) is 26.3 Å². The lowest BCUT2D eigenvalue weighted by atomic mass is 10.1. The number of hydrogen-bond acceptors (Lipinski definition) is 3. The second-order valence-corrected chi connectivity index (χ2v) is 7.05. The summed E-state index contributed by atoms with van der Waals surface area (Å²) in [4.78, 5) is 24.8. The number of anilines is 2. The van der Waals surface area contributed by atoms with Crippen molar-refractivity contribution in [1.82, 2.24) is 5.32 Å². The highest BCUT2D eigenvalue weighted by Crippen LogP contribution is 2.19. The van der Waals surface area contributed by atoms with E-state index in [2.05, 4.69) is 16.0 Å². The molecule has 0 aromatic heterocycles. The Kier molecular flexibility index (Phi) is 6.59. The Morgan fingerprint density at radius 2 is 1.41 bits per heavy atom. The van der Waals surface area contributed by atoms with Crippen molar-refractivity contribution in [2.24, 2.45) is 0 Å². The fourth-order valence-electron chi connectivity index (χ4n) is 2.68. The number of carbonyl (C=O) groups is 2. The zero-order valence-electron chi connectivity index (χ0n) is 15.5. The van der Waals surface area contributed by atoms with Crippen LogP contribution in [-0.4, -0.2) is 16.9 Å². The molecular weight excluding hydrogens is 406 g/mol. The summed E-state index contributed by atoms with van der Waals surface area (Å²) >= 11 is 11.3. The van der Waals surface area contributed by atoms with Gasteiger partial charge in [-0.15, -0.1) is 0 Å². The number of carbonyl (C=O) groups excluding carboxylic acids is 2. The van der Waals surface area contributed by atoms with E-state index in [1.807, 2.05) is 19.1 Å². The van der Waals surface area contributed by atoms with Gasteiger partial charge in [0.25, 0.3) is 11.8 Å². The summed E-state index contributed by atoms with van der Waals surface area (Å²) in [6.07, 6.45) is 0. The molecule has 7 heteroatoms. The van der Waals surface area contributed by atoms with Crippen LogP contribution in [-0.2, 0) is 0 Å². The van der Waals surface area contributed by atoms with E-state index in [0.717, 1.165) is 5.56 Å². The Morgan fingerprint density at radius 3 is 2.10 bits per heavy atom. The van der Waals surface area contributed by atoms with Crippen molar-refractivity contribution in [2.75, 3.05) is 10.6 Å². The predicted molar refractivity (Wildman–Crippen MR) is 121 cm³/mol. The second-order valence-electron chi connectivity index (χ2n) is 6.24. The van der Waals surface area contributed by atoms with Crippen molar-refractivity contribution < 1.29 is 9.59 Å². The van der Waals surface area contributed by atoms with E-state index in [1.165, 1.54) is 0 Å². The normalized spacial score (nSPS) is 10.1. The van der Waals surface area contributed by atoms with Crippen molar-refractivity contribution in [3.63, 3.8) is 0 Å². The first kappa shape index (κ1) is 20.5. The molecule has 0 aliphatic heterocycles. The van der Waals surface area contributed by atoms with Crippen LogP contribution < -0.4 is 16.0 Å². The Bertz CT molecular complexity index is 1080. The summed E-state index contributed by atoms with van der Waals surface area (Å²) in [5.41, 5.74) is 2.98. The van der Waals surface area contributed by atoms with Crippen molar-refractivity contribution >= 4 is 52.1 Å². The summed E-state index contributed by atoms with van der Waals surface area (Å²) in [5.74, 6) is -0.605. The molecule has 3 rings (SSSR count). The molecule has 0 aliphatic rings. The smallest absolute Gasteiger partial charge is 0.257 e. The number of amides is 2. The van der Waals surface area contributed by atoms with Crippen LogP contribution in [0, 0.1) is 6.92 Å². The highest BCUT2D eigenvalue weighted by atomic mass is 35.5. The van der Waals surface area contributed by atoms with Crippen molar-refractivity contribution in [2.45, 2.75) is 6.92 Å². The van der Waals surface area contributed by atoms with Gasteiger partial charge >= 0.3 is 0 Å². The van der Waals surface area contributed by atoms with Gasteiger partial charge in [-0.2, -0.15) is 0 Å². The summed E-state index contributed by atoms with van der Waals surface area (Å²) in [6.45, 7) is 1.86. The topological polar surface area (TPSA) is 70.2 Å². The van der Waals surface area contributed by atoms with E-state index in [9.17, 15) is 9.59 Å². The van der Waals surface area contributed by atoms with E-state index >= 15 is 0 Å². The molecule has 0 aliphatic carbocycles. The second kappa shape index (κ2) is 9.32. The highest BCUT2D eigenvalue weighted by Gasteiger charge is 2.12. The van der Waals surface area contributed by atoms with E-state index < -0.39 is 0 Å². The zero-order valence-corrected chi connectivity index (χ0v) is 17.1. The lowest BCUT2D eigenvalue weighted by Gasteiger charge is -2.12. The van der Waals surface area contributed by atoms with Gasteiger partial charge in [-0.1, -0.05) is 48.0 Å². The number of halogens is 1. The van der Waals surface area contributed by atoms with E-state index in [4.69, 9.17) is 23.8 Å². The number of nitrogens with one attached hydrogen (secondary N) is 3. The number of aryl methyl sites for hydroxylation is 1. The summed E-state index contributed by atoms with van der Waals surface area (Å²) in [6, 6.07) is 21.1. The molecule has 3 N–H and O–H groups in total. The monoisotopic (exact) mass is 423 g/mol. The molecule has 0 atom stereocenters. The Labute approximate surface area is 179 Å². The van der Waals surface area contributed by atoms with Gasteiger partial charge in [0.2, 0.25) is 0 Å². The molecule has 0 spiro atoms. The molecule has 29 heavy (non-hydrogen) atoms. The number of hydrogen-bond donors (Lipinski definition) is 3. The van der Waals surface area contributed by atoms with Crippen LogP contribution in [0.2, 0.25) is 5.02 Å². The molecule has 3 aromatic carbocycles. The Balaban J connectivity index is 1.64. The van der Waals surface area contributed by atoms with Gasteiger partial charge < -0.3 is 10.6 Å². The molecular formula is C22H18ClN3O2S. The maximum atomic E-state index is 12.4. The molecule has 0 saturated carbocycles. The molecule has 3 aromatic rings. The molecule has 0 radical (unpaired) electrons. The summed E-state index contributed by atoms with van der Waals surface area (Å²) in [5, 5.41) is 8.93. The van der Waals surface area contributed by atoms with Crippen LogP contribution in [0.5, 0.6) is 0 Å². The Hall–Kier alpha value is -3.22. The van der Waals surface area contributed by atoms with Gasteiger partial charge in [-0.3, -0.25) is 14.9 Å². The van der Waals surface area contributed by atoms with Gasteiger partial charge in [-0.25, -0.2) is 0 Å². The lowest BCUT2D eigenvalue weighted by molar-refractivity contribution is 0.0975. The first-order valence-electron chi connectivity index (χ1n) is 8.78. The molecule has 146 valence electrons. The van der Waals surface area contributed by atoms with Gasteiger partial charge in [-0.05, 0) is 61.1 Å². The average molecular weight is 424 g/mol. The minimum Gasteiger partial charge on any atom is -0.332 e. The zero-order chi connectivity index (χ0) is 20.8. The van der Waals surface area contributed by atoms with Crippen molar-refractivity contribution in [3.8, 4) is 0 Å². The third-order valence-corrected chi connectivity index (χ3v) is 4.65. The molecule has 0 fully saturated rings. The van der Waals surface area contributed by atoms with Crippen LogP contribution >= 0.6 is 23.8 Å². The first-order chi connectivity index (χ1) is 13.9. The Morgan fingerprint density at radius 1 is 0.793 bits per heavy atom. The quantitative estimate of drug-likeness (QED) is 0.515. The molecule has 0 bridgehead atoms. The maximum Gasteiger partial charge on any atom is 0.257 e. The lowest BCUT2D eigenvalue weighted by Crippen LogP contribution is -2.34. The van der Waals surface area contributed by atoms with E-state index in [0.29, 0.717) is 27.5 Å². The summed E-state index contributed by atoms with van der Waals surface area (Å²) in [7, 11) is 0. The van der Waals surface area contributed by atoms with Crippen LogP contribution in [0.4, 0.5) is 11.4 Å². The predicted octanol–water partition coefficient (Wildman–Crippen LogP) is 5.03. The van der Waals surface area contributed by atoms with Crippen LogP contribution in [0.25, 0.3) is 0 Å². The molecule has 0 saturated heterocycles. The SMILES string of the molecule is Cc1ccccc1C(=O)NC(=S)Nc1cccc(NC(=O)c2ccccc2Cl)c1. The molecule has 0 heterocycles. The highest BCUT2D eigenvalue weighted by molar-refractivity contribution is 7.80. The van der Waals surface area contributed by atoms with Crippen LogP contribution in [0.3, 0.4) is 0 Å². The molecule has 2 amide bonds. The number of thiocarbonyl (C=S) groups is 1. The van der Waals surface area contributed by atoms with Gasteiger partial charge in [0.15, 0.2) is 5.11 Å². The molecule has 0 unspecified atom stereocenters. The van der Waals surface area contributed by atoms with E-state index in [1.54, 1.807) is 60.7 Å². The standard InChI is InChI=1S/C22H18ClN3O2S/c1-14-7-2-3-10-17(14)20(27)26-22(29)25-16-9-6-8-15(13-16)24-21(28)18-11-4-5-12-19(18)23/h2-13H,1H3,(H,24,28)(H2,25,26,27,29). The minimum atomic E-state index is -0.316. The average Bonchev–Trinajstić information content (AvgIpc) is 2.68. The van der Waals surface area contributed by atoms with Gasteiger partial charge in [0.05, 0.1) is 10.6 Å². The largest absolute Gasteiger partial charge is 0.332 e. The maximum absolute atomic E-state index is 12.4. The molecule has 5 nitrogen and oxygen atoms in total.